The van der Waals surface area contributed by atoms with Crippen LogP contribution in [0.3, 0.4) is 0 Å². The Labute approximate surface area is 84.1 Å². The summed E-state index contributed by atoms with van der Waals surface area (Å²) in [6.45, 7) is 0. The van der Waals surface area contributed by atoms with Crippen molar-refractivity contribution in [3.63, 3.8) is 0 Å². The molecular weight excluding hydrogens is 230 g/mol. The van der Waals surface area contributed by atoms with Crippen molar-refractivity contribution < 1.29 is 17.2 Å². The van der Waals surface area contributed by atoms with Crippen LogP contribution in [0.2, 0.25) is 0 Å². The molecule has 1 heterocycles. The minimum Gasteiger partial charge on any atom is -0.397 e. The molecule has 84 valence electrons. The number of nitrogen functional groups attached to an aromatic ring is 2. The van der Waals surface area contributed by atoms with Crippen molar-refractivity contribution in [3.05, 3.63) is 11.8 Å². The molecule has 0 aliphatic rings. The van der Waals surface area contributed by atoms with Crippen LogP contribution in [0.5, 0.6) is 0 Å². The van der Waals surface area contributed by atoms with E-state index in [1.807, 2.05) is 0 Å². The van der Waals surface area contributed by atoms with Crippen LogP contribution in [0.4, 0.5) is 20.2 Å². The maximum absolute atomic E-state index is 12.3. The third-order valence-corrected chi connectivity index (χ3v) is 2.52. The Morgan fingerprint density at radius 1 is 1.27 bits per heavy atom. The molecule has 0 aliphatic heterocycles. The minimum atomic E-state index is -4.16. The van der Waals surface area contributed by atoms with E-state index < -0.39 is 38.4 Å². The first-order chi connectivity index (χ1) is 6.75. The van der Waals surface area contributed by atoms with E-state index in [0.29, 0.717) is 6.20 Å². The van der Waals surface area contributed by atoms with Crippen molar-refractivity contribution in [2.24, 2.45) is 5.14 Å². The molecule has 0 bridgehead atoms. The number of anilines is 2. The molecule has 0 spiro atoms. The molecule has 6 N–H and O–H groups in total. The zero-order valence-corrected chi connectivity index (χ0v) is 8.13. The third-order valence-electron chi connectivity index (χ3n) is 1.66. The summed E-state index contributed by atoms with van der Waals surface area (Å²) >= 11 is 0. The van der Waals surface area contributed by atoms with E-state index in [1.165, 1.54) is 0 Å². The van der Waals surface area contributed by atoms with E-state index in [9.17, 15) is 17.2 Å². The van der Waals surface area contributed by atoms with Gasteiger partial charge in [0, 0.05) is 6.20 Å². The number of primary sulfonamides is 1. The highest BCUT2D eigenvalue weighted by atomic mass is 32.2. The number of rotatable bonds is 2. The number of hydrogen-bond acceptors (Lipinski definition) is 5. The molecule has 0 aliphatic carbocycles. The second-order valence-corrected chi connectivity index (χ2v) is 4.17. The van der Waals surface area contributed by atoms with Crippen molar-refractivity contribution in [1.82, 2.24) is 4.98 Å². The first-order valence-electron chi connectivity index (χ1n) is 3.60. The van der Waals surface area contributed by atoms with E-state index >= 15 is 0 Å². The number of pyridine rings is 1. The Bertz CT molecular complexity index is 488. The number of sulfonamides is 1. The summed E-state index contributed by atoms with van der Waals surface area (Å²) in [4.78, 5) is 3.23. The Morgan fingerprint density at radius 2 is 1.80 bits per heavy atom. The first kappa shape index (κ1) is 11.6. The standard InChI is InChI=1S/C6H8F2N4O2S/c7-5(8)2-1-12-6(15(11,13)14)4(10)3(2)9/h1,5H,10H2,(H2,9,12)(H2,11,13,14). The van der Waals surface area contributed by atoms with E-state index in [0.717, 1.165) is 0 Å². The van der Waals surface area contributed by atoms with Crippen molar-refractivity contribution >= 4 is 21.4 Å². The average molecular weight is 238 g/mol. The van der Waals surface area contributed by atoms with Crippen LogP contribution in [0.15, 0.2) is 11.2 Å². The molecule has 0 fully saturated rings. The van der Waals surface area contributed by atoms with Gasteiger partial charge < -0.3 is 11.5 Å². The Hall–Kier alpha value is -1.48. The van der Waals surface area contributed by atoms with Crippen LogP contribution < -0.4 is 16.6 Å². The fraction of sp³-hybridized carbons (Fsp3) is 0.167. The molecule has 0 atom stereocenters. The Morgan fingerprint density at radius 3 is 2.20 bits per heavy atom. The fourth-order valence-electron chi connectivity index (χ4n) is 0.939. The number of halogens is 2. The van der Waals surface area contributed by atoms with Crippen LogP contribution in [-0.2, 0) is 10.0 Å². The molecule has 0 saturated carbocycles. The summed E-state index contributed by atoms with van der Waals surface area (Å²) in [6.07, 6.45) is -2.25. The van der Waals surface area contributed by atoms with Crippen LogP contribution >= 0.6 is 0 Å². The van der Waals surface area contributed by atoms with Gasteiger partial charge in [0.1, 0.15) is 0 Å². The van der Waals surface area contributed by atoms with Gasteiger partial charge in [-0.05, 0) is 0 Å². The van der Waals surface area contributed by atoms with Crippen LogP contribution in [0, 0.1) is 0 Å². The lowest BCUT2D eigenvalue weighted by Gasteiger charge is -2.09. The van der Waals surface area contributed by atoms with E-state index in [2.05, 4.69) is 4.98 Å². The SMILES string of the molecule is Nc1c(C(F)F)cnc(S(N)(=O)=O)c1N. The highest BCUT2D eigenvalue weighted by Crippen LogP contribution is 2.31. The van der Waals surface area contributed by atoms with Crippen LogP contribution in [0.25, 0.3) is 0 Å². The Kier molecular flexibility index (Phi) is 2.77. The lowest BCUT2D eigenvalue weighted by atomic mass is 10.2. The highest BCUT2D eigenvalue weighted by molar-refractivity contribution is 7.89. The topological polar surface area (TPSA) is 125 Å². The van der Waals surface area contributed by atoms with E-state index in [-0.39, 0.29) is 0 Å². The number of nitrogens with two attached hydrogens (primary N) is 3. The minimum absolute atomic E-state index is 0.524. The summed E-state index contributed by atoms with van der Waals surface area (Å²) in [5, 5.41) is 4.04. The number of aromatic nitrogens is 1. The number of alkyl halides is 2. The largest absolute Gasteiger partial charge is 0.397 e. The van der Waals surface area contributed by atoms with Gasteiger partial charge in [0.05, 0.1) is 16.9 Å². The maximum atomic E-state index is 12.3. The molecule has 1 aromatic rings. The lowest BCUT2D eigenvalue weighted by Crippen LogP contribution is -2.18. The summed E-state index contributed by atoms with van der Waals surface area (Å²) < 4.78 is 46.3. The Balaban J connectivity index is 3.48. The summed E-state index contributed by atoms with van der Waals surface area (Å²) in [5.41, 5.74) is 8.73. The predicted octanol–water partition coefficient (Wildman–Crippen LogP) is -0.169. The van der Waals surface area contributed by atoms with Gasteiger partial charge in [-0.2, -0.15) is 0 Å². The van der Waals surface area contributed by atoms with Crippen LogP contribution in [0.1, 0.15) is 12.0 Å². The molecule has 0 unspecified atom stereocenters. The molecule has 15 heavy (non-hydrogen) atoms. The van der Waals surface area contributed by atoms with Crippen molar-refractivity contribution in [3.8, 4) is 0 Å². The fourth-order valence-corrected chi connectivity index (χ4v) is 1.55. The zero-order chi connectivity index (χ0) is 11.8. The van der Waals surface area contributed by atoms with Gasteiger partial charge in [0.15, 0.2) is 5.03 Å². The molecule has 6 nitrogen and oxygen atoms in total. The smallest absolute Gasteiger partial charge is 0.267 e. The second-order valence-electron chi connectivity index (χ2n) is 2.69. The lowest BCUT2D eigenvalue weighted by molar-refractivity contribution is 0.151. The predicted molar refractivity (Wildman–Crippen MR) is 49.4 cm³/mol. The maximum Gasteiger partial charge on any atom is 0.267 e. The molecule has 0 radical (unpaired) electrons. The van der Waals surface area contributed by atoms with Crippen LogP contribution in [-0.4, -0.2) is 13.4 Å². The van der Waals surface area contributed by atoms with Gasteiger partial charge in [0.25, 0.3) is 16.4 Å². The highest BCUT2D eigenvalue weighted by Gasteiger charge is 2.21. The summed E-state index contributed by atoms with van der Waals surface area (Å²) in [7, 11) is -4.16. The van der Waals surface area contributed by atoms with Gasteiger partial charge in [-0.3, -0.25) is 0 Å². The number of nitrogens with zero attached hydrogens (tertiary/aromatic N) is 1. The quantitative estimate of drug-likeness (QED) is 0.659. The third kappa shape index (κ3) is 2.13. The molecular formula is C6H8F2N4O2S. The van der Waals surface area contributed by atoms with Crippen molar-refractivity contribution in [1.29, 1.82) is 0 Å². The van der Waals surface area contributed by atoms with Gasteiger partial charge in [-0.1, -0.05) is 0 Å². The van der Waals surface area contributed by atoms with Gasteiger partial charge in [-0.15, -0.1) is 0 Å². The van der Waals surface area contributed by atoms with E-state index in [1.54, 1.807) is 0 Å². The van der Waals surface area contributed by atoms with Gasteiger partial charge in [-0.25, -0.2) is 27.3 Å². The molecule has 0 aromatic carbocycles. The van der Waals surface area contributed by atoms with Crippen molar-refractivity contribution in [2.75, 3.05) is 11.5 Å². The summed E-state index contributed by atoms with van der Waals surface area (Å²) in [5.74, 6) is 0. The normalized spacial score (nSPS) is 12.0. The molecule has 1 rings (SSSR count). The first-order valence-corrected chi connectivity index (χ1v) is 5.14. The molecule has 0 saturated heterocycles. The molecule has 1 aromatic heterocycles. The summed E-state index contributed by atoms with van der Waals surface area (Å²) in [6, 6.07) is 0. The monoisotopic (exact) mass is 238 g/mol. The molecule has 9 heteroatoms. The van der Waals surface area contributed by atoms with Crippen molar-refractivity contribution in [2.45, 2.75) is 11.5 Å². The van der Waals surface area contributed by atoms with Gasteiger partial charge in [0.2, 0.25) is 0 Å². The van der Waals surface area contributed by atoms with Gasteiger partial charge >= 0.3 is 0 Å². The second kappa shape index (κ2) is 3.59. The molecule has 0 amide bonds. The average Bonchev–Trinajstić information content (AvgIpc) is 2.06. The zero-order valence-electron chi connectivity index (χ0n) is 7.31. The number of hydrogen-bond donors (Lipinski definition) is 3. The van der Waals surface area contributed by atoms with E-state index in [4.69, 9.17) is 16.6 Å².